The number of benzene rings is 1. The van der Waals surface area contributed by atoms with Crippen molar-refractivity contribution >= 4 is 0 Å². The summed E-state index contributed by atoms with van der Waals surface area (Å²) >= 11 is 0. The molecule has 1 aromatic heterocycles. The van der Waals surface area contributed by atoms with Gasteiger partial charge in [0.15, 0.2) is 0 Å². The number of halogens is 1. The Morgan fingerprint density at radius 2 is 2.20 bits per heavy atom. The number of nitriles is 1. The molecular weight excluding hydrogens is 259 g/mol. The van der Waals surface area contributed by atoms with Gasteiger partial charge < -0.3 is 9.84 Å². The third-order valence-electron chi connectivity index (χ3n) is 2.76. The summed E-state index contributed by atoms with van der Waals surface area (Å²) < 4.78 is 18.7. The van der Waals surface area contributed by atoms with Crippen molar-refractivity contribution in [3.63, 3.8) is 0 Å². The molecule has 5 heteroatoms. The van der Waals surface area contributed by atoms with Gasteiger partial charge >= 0.3 is 0 Å². The minimum absolute atomic E-state index is 0.211. The topological polar surface area (TPSA) is 66.1 Å². The molecule has 0 fully saturated rings. The van der Waals surface area contributed by atoms with Gasteiger partial charge in [-0.2, -0.15) is 5.26 Å². The van der Waals surface area contributed by atoms with Crippen molar-refractivity contribution in [3.8, 4) is 11.8 Å². The summed E-state index contributed by atoms with van der Waals surface area (Å²) in [7, 11) is 0. The van der Waals surface area contributed by atoms with Gasteiger partial charge in [0.05, 0.1) is 6.10 Å². The van der Waals surface area contributed by atoms with Crippen LogP contribution in [0, 0.1) is 17.1 Å². The van der Waals surface area contributed by atoms with Gasteiger partial charge in [-0.05, 0) is 42.8 Å². The SMILES string of the molecule is C[C@H](O)c1cc(F)ccc1OCc1ccnc(C#N)c1. The number of ether oxygens (including phenoxy) is 1. The van der Waals surface area contributed by atoms with Crippen LogP contribution in [-0.2, 0) is 6.61 Å². The van der Waals surface area contributed by atoms with Crippen molar-refractivity contribution in [3.05, 3.63) is 59.2 Å². The van der Waals surface area contributed by atoms with Crippen LogP contribution in [0.3, 0.4) is 0 Å². The fourth-order valence-electron chi connectivity index (χ4n) is 1.76. The van der Waals surface area contributed by atoms with E-state index in [-0.39, 0.29) is 6.61 Å². The summed E-state index contributed by atoms with van der Waals surface area (Å²) in [6.45, 7) is 1.75. The summed E-state index contributed by atoms with van der Waals surface area (Å²) in [5.41, 5.74) is 1.47. The molecule has 0 bridgehead atoms. The molecule has 0 unspecified atom stereocenters. The maximum atomic E-state index is 13.2. The van der Waals surface area contributed by atoms with E-state index in [0.29, 0.717) is 17.0 Å². The smallest absolute Gasteiger partial charge is 0.140 e. The Morgan fingerprint density at radius 1 is 1.40 bits per heavy atom. The predicted molar refractivity (Wildman–Crippen MR) is 70.3 cm³/mol. The molecule has 2 aromatic rings. The molecule has 0 radical (unpaired) electrons. The number of hydrogen-bond acceptors (Lipinski definition) is 4. The first-order chi connectivity index (χ1) is 9.60. The molecular formula is C15H13FN2O2. The van der Waals surface area contributed by atoms with Crippen LogP contribution in [0.15, 0.2) is 36.5 Å². The summed E-state index contributed by atoms with van der Waals surface area (Å²) in [5, 5.41) is 18.4. The average molecular weight is 272 g/mol. The number of hydrogen-bond donors (Lipinski definition) is 1. The van der Waals surface area contributed by atoms with Crippen molar-refractivity contribution in [1.82, 2.24) is 4.98 Å². The standard InChI is InChI=1S/C15H13FN2O2/c1-10(19)14-7-12(16)2-3-15(14)20-9-11-4-5-18-13(6-11)8-17/h2-7,10,19H,9H2,1H3/t10-/m0/s1. The van der Waals surface area contributed by atoms with Gasteiger partial charge in [-0.15, -0.1) is 0 Å². The number of rotatable bonds is 4. The van der Waals surface area contributed by atoms with E-state index in [9.17, 15) is 9.50 Å². The second-order valence-electron chi connectivity index (χ2n) is 4.31. The number of pyridine rings is 1. The van der Waals surface area contributed by atoms with Crippen LogP contribution in [0.25, 0.3) is 0 Å². The quantitative estimate of drug-likeness (QED) is 0.929. The van der Waals surface area contributed by atoms with Gasteiger partial charge in [0, 0.05) is 11.8 Å². The van der Waals surface area contributed by atoms with E-state index < -0.39 is 11.9 Å². The average Bonchev–Trinajstić information content (AvgIpc) is 2.46. The maximum absolute atomic E-state index is 13.2. The molecule has 0 saturated heterocycles. The van der Waals surface area contributed by atoms with Crippen LogP contribution in [0.4, 0.5) is 4.39 Å². The predicted octanol–water partition coefficient (Wildman–Crippen LogP) is 2.72. The van der Waals surface area contributed by atoms with Crippen LogP contribution >= 0.6 is 0 Å². The van der Waals surface area contributed by atoms with Crippen LogP contribution in [0.2, 0.25) is 0 Å². The summed E-state index contributed by atoms with van der Waals surface area (Å²) in [5.74, 6) is -0.0133. The molecule has 102 valence electrons. The molecule has 20 heavy (non-hydrogen) atoms. The summed E-state index contributed by atoms with van der Waals surface area (Å²) in [4.78, 5) is 3.86. The molecule has 0 amide bonds. The third kappa shape index (κ3) is 3.31. The Hall–Kier alpha value is -2.45. The highest BCUT2D eigenvalue weighted by molar-refractivity contribution is 5.36. The Labute approximate surface area is 116 Å². The molecule has 0 spiro atoms. The van der Waals surface area contributed by atoms with E-state index in [1.165, 1.54) is 24.4 Å². The highest BCUT2D eigenvalue weighted by Gasteiger charge is 2.11. The summed E-state index contributed by atoms with van der Waals surface area (Å²) in [6, 6.07) is 9.28. The monoisotopic (exact) mass is 272 g/mol. The van der Waals surface area contributed by atoms with Crippen molar-refractivity contribution in [2.75, 3.05) is 0 Å². The van der Waals surface area contributed by atoms with Crippen LogP contribution in [0.1, 0.15) is 29.8 Å². The Morgan fingerprint density at radius 3 is 2.90 bits per heavy atom. The Balaban J connectivity index is 2.16. The van der Waals surface area contributed by atoms with E-state index >= 15 is 0 Å². The van der Waals surface area contributed by atoms with Crippen molar-refractivity contribution < 1.29 is 14.2 Å². The molecule has 0 aliphatic heterocycles. The molecule has 1 heterocycles. The van der Waals surface area contributed by atoms with Gasteiger partial charge in [-0.1, -0.05) is 0 Å². The lowest BCUT2D eigenvalue weighted by Crippen LogP contribution is -2.02. The summed E-state index contributed by atoms with van der Waals surface area (Å²) in [6.07, 6.45) is 0.699. The van der Waals surface area contributed by atoms with Crippen molar-refractivity contribution in [2.45, 2.75) is 19.6 Å². The van der Waals surface area contributed by atoms with Gasteiger partial charge in [0.2, 0.25) is 0 Å². The van der Waals surface area contributed by atoms with E-state index in [0.717, 1.165) is 5.56 Å². The van der Waals surface area contributed by atoms with Crippen LogP contribution < -0.4 is 4.74 Å². The fourth-order valence-corrected chi connectivity index (χ4v) is 1.76. The van der Waals surface area contributed by atoms with E-state index in [2.05, 4.69) is 4.98 Å². The largest absolute Gasteiger partial charge is 0.489 e. The van der Waals surface area contributed by atoms with Gasteiger partial charge in [-0.25, -0.2) is 9.37 Å². The highest BCUT2D eigenvalue weighted by Crippen LogP contribution is 2.26. The van der Waals surface area contributed by atoms with Gasteiger partial charge in [-0.3, -0.25) is 0 Å². The first kappa shape index (κ1) is 14.0. The number of aliphatic hydroxyl groups is 1. The molecule has 1 atom stereocenters. The molecule has 0 saturated carbocycles. The first-order valence-corrected chi connectivity index (χ1v) is 6.05. The second kappa shape index (κ2) is 6.13. The highest BCUT2D eigenvalue weighted by atomic mass is 19.1. The lowest BCUT2D eigenvalue weighted by atomic mass is 10.1. The molecule has 2 rings (SSSR count). The third-order valence-corrected chi connectivity index (χ3v) is 2.76. The van der Waals surface area contributed by atoms with Gasteiger partial charge in [0.1, 0.15) is 29.9 Å². The zero-order valence-corrected chi connectivity index (χ0v) is 10.9. The van der Waals surface area contributed by atoms with E-state index in [4.69, 9.17) is 10.00 Å². The lowest BCUT2D eigenvalue weighted by molar-refractivity contribution is 0.189. The maximum Gasteiger partial charge on any atom is 0.140 e. The fraction of sp³-hybridized carbons (Fsp3) is 0.200. The molecule has 4 nitrogen and oxygen atoms in total. The zero-order valence-electron chi connectivity index (χ0n) is 10.9. The van der Waals surface area contributed by atoms with Crippen molar-refractivity contribution in [1.29, 1.82) is 5.26 Å². The molecule has 0 aliphatic carbocycles. The second-order valence-corrected chi connectivity index (χ2v) is 4.31. The van der Waals surface area contributed by atoms with E-state index in [1.807, 2.05) is 6.07 Å². The van der Waals surface area contributed by atoms with Gasteiger partial charge in [0.25, 0.3) is 0 Å². The molecule has 1 aromatic carbocycles. The Bertz CT molecular complexity index is 651. The van der Waals surface area contributed by atoms with E-state index in [1.54, 1.807) is 19.1 Å². The first-order valence-electron chi connectivity index (χ1n) is 6.05. The number of nitrogens with zero attached hydrogens (tertiary/aromatic N) is 2. The molecule has 0 aliphatic rings. The minimum atomic E-state index is -0.826. The Kier molecular flexibility index (Phi) is 4.28. The van der Waals surface area contributed by atoms with Crippen LogP contribution in [-0.4, -0.2) is 10.1 Å². The number of aromatic nitrogens is 1. The minimum Gasteiger partial charge on any atom is -0.489 e. The van der Waals surface area contributed by atoms with Crippen LogP contribution in [0.5, 0.6) is 5.75 Å². The number of aliphatic hydroxyl groups excluding tert-OH is 1. The normalized spacial score (nSPS) is 11.7. The zero-order chi connectivity index (χ0) is 14.5. The van der Waals surface area contributed by atoms with Crippen molar-refractivity contribution in [2.24, 2.45) is 0 Å². The molecule has 1 N–H and O–H groups in total. The lowest BCUT2D eigenvalue weighted by Gasteiger charge is -2.13.